The monoisotopic (exact) mass is 205 g/mol. The van der Waals surface area contributed by atoms with Crippen molar-refractivity contribution in [3.8, 4) is 0 Å². The van der Waals surface area contributed by atoms with E-state index in [1.54, 1.807) is 0 Å². The van der Waals surface area contributed by atoms with E-state index in [0.29, 0.717) is 0 Å². The highest BCUT2D eigenvalue weighted by Crippen LogP contribution is 2.18. The Kier molecular flexibility index (Phi) is 2.69. The summed E-state index contributed by atoms with van der Waals surface area (Å²) in [4.78, 5) is 4.31. The van der Waals surface area contributed by atoms with Gasteiger partial charge in [-0.2, -0.15) is 0 Å². The first-order valence-corrected chi connectivity index (χ1v) is 5.17. The molecule has 0 spiro atoms. The van der Waals surface area contributed by atoms with Gasteiger partial charge in [0, 0.05) is 17.0 Å². The third-order valence-corrected chi connectivity index (χ3v) is 2.39. The molecule has 1 aromatic carbocycles. The molecular formula is C12H12ClN. The Labute approximate surface area is 88.7 Å². The van der Waals surface area contributed by atoms with Crippen molar-refractivity contribution in [2.24, 2.45) is 0 Å². The van der Waals surface area contributed by atoms with E-state index in [2.05, 4.69) is 11.1 Å². The van der Waals surface area contributed by atoms with E-state index >= 15 is 0 Å². The maximum absolute atomic E-state index is 5.99. The molecule has 72 valence electrons. The number of pyridine rings is 1. The van der Waals surface area contributed by atoms with E-state index in [9.17, 15) is 0 Å². The van der Waals surface area contributed by atoms with Gasteiger partial charge in [0.1, 0.15) is 0 Å². The van der Waals surface area contributed by atoms with Crippen LogP contribution >= 0.6 is 11.6 Å². The lowest BCUT2D eigenvalue weighted by atomic mass is 10.1. The van der Waals surface area contributed by atoms with Crippen LogP contribution < -0.4 is 0 Å². The largest absolute Gasteiger partial charge is 0.256 e. The lowest BCUT2D eigenvalue weighted by Crippen LogP contribution is -1.98. The van der Waals surface area contributed by atoms with E-state index in [-0.39, 0.29) is 5.38 Å². The smallest absolute Gasteiger partial charge is 0.0704 e. The molecule has 1 heterocycles. The van der Waals surface area contributed by atoms with Gasteiger partial charge in [-0.05, 0) is 31.0 Å². The average molecular weight is 206 g/mol. The molecule has 0 aliphatic heterocycles. The molecule has 0 bridgehead atoms. The third kappa shape index (κ3) is 1.88. The number of benzene rings is 1. The Balaban J connectivity index is 2.53. The molecule has 1 aromatic heterocycles. The summed E-state index contributed by atoms with van der Waals surface area (Å²) in [6.45, 7) is 2.01. The number of rotatable bonds is 2. The molecule has 2 aromatic rings. The summed E-state index contributed by atoms with van der Waals surface area (Å²) in [7, 11) is 0. The zero-order valence-electron chi connectivity index (χ0n) is 8.07. The summed E-state index contributed by atoms with van der Waals surface area (Å²) in [5.41, 5.74) is 2.32. The molecule has 14 heavy (non-hydrogen) atoms. The highest BCUT2D eigenvalue weighted by Gasteiger charge is 2.03. The van der Waals surface area contributed by atoms with Gasteiger partial charge < -0.3 is 0 Å². The number of alkyl halides is 1. The number of nitrogens with zero attached hydrogens (tertiary/aromatic N) is 1. The predicted octanol–water partition coefficient (Wildman–Crippen LogP) is 3.40. The van der Waals surface area contributed by atoms with E-state index in [1.165, 1.54) is 10.9 Å². The van der Waals surface area contributed by atoms with Crippen LogP contribution in [0.2, 0.25) is 0 Å². The lowest BCUT2D eigenvalue weighted by Gasteiger charge is -2.06. The Morgan fingerprint density at radius 2 is 2.07 bits per heavy atom. The third-order valence-electron chi connectivity index (χ3n) is 2.24. The molecule has 0 saturated carbocycles. The van der Waals surface area contributed by atoms with Gasteiger partial charge in [0.25, 0.3) is 0 Å². The van der Waals surface area contributed by atoms with Crippen molar-refractivity contribution in [1.82, 2.24) is 4.98 Å². The molecule has 0 saturated heterocycles. The quantitative estimate of drug-likeness (QED) is 0.685. The van der Waals surface area contributed by atoms with Crippen molar-refractivity contribution < 1.29 is 0 Å². The minimum atomic E-state index is 0.167. The van der Waals surface area contributed by atoms with Gasteiger partial charge in [-0.3, -0.25) is 4.98 Å². The van der Waals surface area contributed by atoms with Crippen LogP contribution in [0.3, 0.4) is 0 Å². The van der Waals surface area contributed by atoms with Crippen LogP contribution in [-0.4, -0.2) is 10.4 Å². The van der Waals surface area contributed by atoms with Gasteiger partial charge in [-0.15, -0.1) is 11.6 Å². The number of para-hydroxylation sites is 1. The van der Waals surface area contributed by atoms with Crippen molar-refractivity contribution >= 4 is 22.5 Å². The van der Waals surface area contributed by atoms with Gasteiger partial charge >= 0.3 is 0 Å². The van der Waals surface area contributed by atoms with Crippen LogP contribution in [0.1, 0.15) is 12.5 Å². The Bertz CT molecular complexity index is 432. The number of halogens is 1. The maximum atomic E-state index is 5.99. The van der Waals surface area contributed by atoms with Gasteiger partial charge in [0.05, 0.1) is 5.52 Å². The second kappa shape index (κ2) is 3.97. The molecule has 1 unspecified atom stereocenters. The highest BCUT2D eigenvalue weighted by atomic mass is 35.5. The number of hydrogen-bond donors (Lipinski definition) is 0. The summed E-state index contributed by atoms with van der Waals surface area (Å²) in [5.74, 6) is 0. The van der Waals surface area contributed by atoms with Crippen LogP contribution in [0.15, 0.2) is 36.5 Å². The first-order chi connectivity index (χ1) is 6.77. The fraction of sp³-hybridized carbons (Fsp3) is 0.250. The second-order valence-corrected chi connectivity index (χ2v) is 4.22. The van der Waals surface area contributed by atoms with Gasteiger partial charge in [-0.1, -0.05) is 18.2 Å². The molecular weight excluding hydrogens is 194 g/mol. The minimum absolute atomic E-state index is 0.167. The van der Waals surface area contributed by atoms with Crippen molar-refractivity contribution in [2.75, 3.05) is 0 Å². The van der Waals surface area contributed by atoms with Crippen LogP contribution in [0, 0.1) is 0 Å². The molecule has 0 fully saturated rings. The number of aromatic nitrogens is 1. The molecule has 2 rings (SSSR count). The standard InChI is InChI=1S/C12H12ClN/c1-9(13)8-10-6-7-14-12-5-3-2-4-11(10)12/h2-7,9H,8H2,1H3. The molecule has 0 aliphatic rings. The van der Waals surface area contributed by atoms with Crippen LogP contribution in [0.4, 0.5) is 0 Å². The average Bonchev–Trinajstić information content (AvgIpc) is 2.18. The molecule has 0 amide bonds. The summed E-state index contributed by atoms with van der Waals surface area (Å²) in [5, 5.41) is 1.38. The minimum Gasteiger partial charge on any atom is -0.256 e. The van der Waals surface area contributed by atoms with Crippen LogP contribution in [0.5, 0.6) is 0 Å². The second-order valence-electron chi connectivity index (χ2n) is 3.47. The first-order valence-electron chi connectivity index (χ1n) is 4.74. The van der Waals surface area contributed by atoms with Crippen LogP contribution in [0.25, 0.3) is 10.9 Å². The fourth-order valence-electron chi connectivity index (χ4n) is 1.64. The van der Waals surface area contributed by atoms with E-state index in [0.717, 1.165) is 11.9 Å². The van der Waals surface area contributed by atoms with Crippen LogP contribution in [-0.2, 0) is 6.42 Å². The summed E-state index contributed by atoms with van der Waals surface area (Å²) < 4.78 is 0. The molecule has 1 nitrogen and oxygen atoms in total. The Hall–Kier alpha value is -1.08. The zero-order valence-corrected chi connectivity index (χ0v) is 8.83. The molecule has 0 aliphatic carbocycles. The lowest BCUT2D eigenvalue weighted by molar-refractivity contribution is 0.937. The van der Waals surface area contributed by atoms with E-state index in [1.807, 2.05) is 37.4 Å². The first kappa shape index (κ1) is 9.47. The normalized spacial score (nSPS) is 13.0. The Morgan fingerprint density at radius 1 is 1.29 bits per heavy atom. The molecule has 0 N–H and O–H groups in total. The van der Waals surface area contributed by atoms with Crippen molar-refractivity contribution in [3.05, 3.63) is 42.1 Å². The van der Waals surface area contributed by atoms with Crippen molar-refractivity contribution in [1.29, 1.82) is 0 Å². The SMILES string of the molecule is CC(Cl)Cc1ccnc2ccccc12. The highest BCUT2D eigenvalue weighted by molar-refractivity contribution is 6.20. The fourth-order valence-corrected chi connectivity index (χ4v) is 1.80. The van der Waals surface area contributed by atoms with Crippen molar-refractivity contribution in [3.63, 3.8) is 0 Å². The predicted molar refractivity (Wildman–Crippen MR) is 60.8 cm³/mol. The van der Waals surface area contributed by atoms with Gasteiger partial charge in [0.15, 0.2) is 0 Å². The topological polar surface area (TPSA) is 12.9 Å². The van der Waals surface area contributed by atoms with Crippen molar-refractivity contribution in [2.45, 2.75) is 18.7 Å². The number of hydrogen-bond acceptors (Lipinski definition) is 1. The van der Waals surface area contributed by atoms with E-state index < -0.39 is 0 Å². The van der Waals surface area contributed by atoms with Gasteiger partial charge in [0.2, 0.25) is 0 Å². The summed E-state index contributed by atoms with van der Waals surface area (Å²) >= 11 is 5.99. The van der Waals surface area contributed by atoms with E-state index in [4.69, 9.17) is 11.6 Å². The maximum Gasteiger partial charge on any atom is 0.0704 e. The Morgan fingerprint density at radius 3 is 2.86 bits per heavy atom. The van der Waals surface area contributed by atoms with Gasteiger partial charge in [-0.25, -0.2) is 0 Å². The summed E-state index contributed by atoms with van der Waals surface area (Å²) in [6, 6.07) is 10.2. The number of fused-ring (bicyclic) bond motifs is 1. The molecule has 2 heteroatoms. The molecule has 0 radical (unpaired) electrons. The summed E-state index contributed by atoms with van der Waals surface area (Å²) in [6.07, 6.45) is 2.74. The molecule has 1 atom stereocenters. The zero-order chi connectivity index (χ0) is 9.97.